The van der Waals surface area contributed by atoms with Crippen LogP contribution in [0.15, 0.2) is 0 Å². The number of carbonyl (C=O) groups excluding carboxylic acids is 3. The highest BCUT2D eigenvalue weighted by molar-refractivity contribution is 5.79. The number of methoxy groups -OCH3 is 1. The van der Waals surface area contributed by atoms with E-state index in [1.54, 1.807) is 18.7 Å². The van der Waals surface area contributed by atoms with Crippen molar-refractivity contribution in [1.82, 2.24) is 10.2 Å². The molecule has 20 heavy (non-hydrogen) atoms. The van der Waals surface area contributed by atoms with Crippen LogP contribution in [0.1, 0.15) is 20.3 Å². The van der Waals surface area contributed by atoms with E-state index in [1.807, 2.05) is 0 Å². The van der Waals surface area contributed by atoms with Crippen LogP contribution in [0.25, 0.3) is 0 Å². The maximum atomic E-state index is 11.7. The zero-order chi connectivity index (χ0) is 15.3. The molecule has 0 aromatic rings. The maximum absolute atomic E-state index is 11.7. The van der Waals surface area contributed by atoms with Crippen molar-refractivity contribution in [2.75, 3.05) is 26.7 Å². The molecular formula is C13H23N3O4. The molecule has 0 radical (unpaired) electrons. The molecule has 3 N–H and O–H groups in total. The standard InChI is InChI=1S/C13H23N3O4/c1-8(2)12(18)15-10-4-9(13(19)20-3)5-16(6-10)7-11(14)17/h8-10H,4-7H2,1-3H3,(H2,14,17)(H,15,18). The quantitative estimate of drug-likeness (QED) is 0.638. The van der Waals surface area contributed by atoms with Gasteiger partial charge in [-0.05, 0) is 6.42 Å². The molecule has 1 fully saturated rings. The van der Waals surface area contributed by atoms with Gasteiger partial charge in [0.1, 0.15) is 0 Å². The molecule has 1 rings (SSSR count). The fraction of sp³-hybridized carbons (Fsp3) is 0.769. The monoisotopic (exact) mass is 285 g/mol. The van der Waals surface area contributed by atoms with Crippen LogP contribution < -0.4 is 11.1 Å². The number of ether oxygens (including phenoxy) is 1. The van der Waals surface area contributed by atoms with Gasteiger partial charge in [0.2, 0.25) is 11.8 Å². The van der Waals surface area contributed by atoms with E-state index >= 15 is 0 Å². The summed E-state index contributed by atoms with van der Waals surface area (Å²) in [4.78, 5) is 36.2. The van der Waals surface area contributed by atoms with E-state index in [2.05, 4.69) is 5.32 Å². The number of hydrogen-bond acceptors (Lipinski definition) is 5. The fourth-order valence-corrected chi connectivity index (χ4v) is 2.35. The van der Waals surface area contributed by atoms with E-state index in [4.69, 9.17) is 10.5 Å². The first kappa shape index (κ1) is 16.4. The van der Waals surface area contributed by atoms with Crippen LogP contribution in [0.4, 0.5) is 0 Å². The van der Waals surface area contributed by atoms with Crippen LogP contribution in [0.3, 0.4) is 0 Å². The minimum Gasteiger partial charge on any atom is -0.469 e. The predicted molar refractivity (Wildman–Crippen MR) is 72.5 cm³/mol. The van der Waals surface area contributed by atoms with Gasteiger partial charge >= 0.3 is 5.97 Å². The van der Waals surface area contributed by atoms with Gasteiger partial charge in [0, 0.05) is 25.0 Å². The van der Waals surface area contributed by atoms with Crippen LogP contribution in [-0.2, 0) is 19.1 Å². The van der Waals surface area contributed by atoms with Crippen LogP contribution >= 0.6 is 0 Å². The molecule has 7 heteroatoms. The summed E-state index contributed by atoms with van der Waals surface area (Å²) in [6.45, 7) is 4.61. The molecule has 2 atom stereocenters. The lowest BCUT2D eigenvalue weighted by Crippen LogP contribution is -2.54. The molecule has 0 aliphatic carbocycles. The molecule has 0 saturated carbocycles. The molecule has 1 aliphatic heterocycles. The number of esters is 1. The first-order valence-corrected chi connectivity index (χ1v) is 6.72. The second-order valence-electron chi connectivity index (χ2n) is 5.48. The molecule has 1 aliphatic rings. The smallest absolute Gasteiger partial charge is 0.310 e. The number of amides is 2. The van der Waals surface area contributed by atoms with Crippen molar-refractivity contribution in [1.29, 1.82) is 0 Å². The van der Waals surface area contributed by atoms with Gasteiger partial charge in [0.05, 0.1) is 19.6 Å². The summed E-state index contributed by atoms with van der Waals surface area (Å²) in [6.07, 6.45) is 0.514. The first-order chi connectivity index (χ1) is 9.33. The van der Waals surface area contributed by atoms with Crippen LogP contribution in [-0.4, -0.2) is 55.5 Å². The maximum Gasteiger partial charge on any atom is 0.310 e. The number of nitrogens with zero attached hydrogens (tertiary/aromatic N) is 1. The van der Waals surface area contributed by atoms with Crippen LogP contribution in [0.5, 0.6) is 0 Å². The molecule has 1 heterocycles. The van der Waals surface area contributed by atoms with Crippen LogP contribution in [0.2, 0.25) is 0 Å². The third kappa shape index (κ3) is 4.80. The largest absolute Gasteiger partial charge is 0.469 e. The average Bonchev–Trinajstić information content (AvgIpc) is 2.36. The summed E-state index contributed by atoms with van der Waals surface area (Å²) in [7, 11) is 1.33. The number of hydrogen-bond donors (Lipinski definition) is 2. The number of carbonyl (C=O) groups is 3. The zero-order valence-corrected chi connectivity index (χ0v) is 12.2. The number of primary amides is 1. The number of rotatable bonds is 5. The Balaban J connectivity index is 2.71. The van der Waals surface area contributed by atoms with Gasteiger partial charge in [-0.2, -0.15) is 0 Å². The Bertz CT molecular complexity index is 384. The summed E-state index contributed by atoms with van der Waals surface area (Å²) in [5, 5.41) is 2.89. The molecule has 0 aromatic heterocycles. The molecule has 7 nitrogen and oxygen atoms in total. The second kappa shape index (κ2) is 7.23. The van der Waals surface area contributed by atoms with Gasteiger partial charge in [-0.15, -0.1) is 0 Å². The lowest BCUT2D eigenvalue weighted by molar-refractivity contribution is -0.148. The van der Waals surface area contributed by atoms with Gasteiger partial charge in [0.15, 0.2) is 0 Å². The van der Waals surface area contributed by atoms with Crippen molar-refractivity contribution in [3.63, 3.8) is 0 Å². The van der Waals surface area contributed by atoms with E-state index in [9.17, 15) is 14.4 Å². The minimum absolute atomic E-state index is 0.0699. The van der Waals surface area contributed by atoms with E-state index < -0.39 is 5.91 Å². The van der Waals surface area contributed by atoms with Crippen molar-refractivity contribution in [2.45, 2.75) is 26.3 Å². The van der Waals surface area contributed by atoms with E-state index in [0.29, 0.717) is 19.5 Å². The van der Waals surface area contributed by atoms with Crippen LogP contribution in [0, 0.1) is 11.8 Å². The summed E-state index contributed by atoms with van der Waals surface area (Å²) in [5.41, 5.74) is 5.19. The summed E-state index contributed by atoms with van der Waals surface area (Å²) >= 11 is 0. The molecule has 1 saturated heterocycles. The van der Waals surface area contributed by atoms with Crippen molar-refractivity contribution < 1.29 is 19.1 Å². The Morgan fingerprint density at radius 1 is 1.35 bits per heavy atom. The molecule has 0 aromatic carbocycles. The van der Waals surface area contributed by atoms with Crippen molar-refractivity contribution in [3.8, 4) is 0 Å². The lowest BCUT2D eigenvalue weighted by atomic mass is 9.93. The third-order valence-corrected chi connectivity index (χ3v) is 3.31. The molecule has 0 bridgehead atoms. The van der Waals surface area contributed by atoms with Gasteiger partial charge < -0.3 is 15.8 Å². The van der Waals surface area contributed by atoms with Crippen molar-refractivity contribution in [3.05, 3.63) is 0 Å². The topological polar surface area (TPSA) is 102 Å². The Kier molecular flexibility index (Phi) is 5.94. The fourth-order valence-electron chi connectivity index (χ4n) is 2.35. The molecule has 114 valence electrons. The summed E-state index contributed by atoms with van der Waals surface area (Å²) in [6, 6.07) is -0.179. The Hall–Kier alpha value is -1.63. The van der Waals surface area contributed by atoms with E-state index in [1.165, 1.54) is 7.11 Å². The third-order valence-electron chi connectivity index (χ3n) is 3.31. The average molecular weight is 285 g/mol. The highest BCUT2D eigenvalue weighted by Gasteiger charge is 2.33. The van der Waals surface area contributed by atoms with Gasteiger partial charge in [-0.3, -0.25) is 19.3 Å². The number of likely N-dealkylation sites (tertiary alicyclic amines) is 1. The SMILES string of the molecule is COC(=O)C1CC(NC(=O)C(C)C)CN(CC(N)=O)C1. The number of nitrogens with one attached hydrogen (secondary N) is 1. The van der Waals surface area contributed by atoms with Crippen molar-refractivity contribution in [2.24, 2.45) is 17.6 Å². The summed E-state index contributed by atoms with van der Waals surface area (Å²) < 4.78 is 4.75. The van der Waals surface area contributed by atoms with Gasteiger partial charge in [-0.25, -0.2) is 0 Å². The minimum atomic E-state index is -0.454. The highest BCUT2D eigenvalue weighted by atomic mass is 16.5. The molecular weight excluding hydrogens is 262 g/mol. The Morgan fingerprint density at radius 2 is 2.00 bits per heavy atom. The Morgan fingerprint density at radius 3 is 2.50 bits per heavy atom. The number of nitrogens with two attached hydrogens (primary N) is 1. The Labute approximate surface area is 118 Å². The first-order valence-electron chi connectivity index (χ1n) is 6.72. The molecule has 0 spiro atoms. The summed E-state index contributed by atoms with van der Waals surface area (Å²) in [5.74, 6) is -1.34. The van der Waals surface area contributed by atoms with Gasteiger partial charge in [0.25, 0.3) is 0 Å². The normalized spacial score (nSPS) is 23.4. The molecule has 2 unspecified atom stereocenters. The van der Waals surface area contributed by atoms with Gasteiger partial charge in [-0.1, -0.05) is 13.8 Å². The second-order valence-corrected chi connectivity index (χ2v) is 5.48. The van der Waals surface area contributed by atoms with E-state index in [0.717, 1.165) is 0 Å². The zero-order valence-electron chi connectivity index (χ0n) is 12.2. The van der Waals surface area contributed by atoms with E-state index in [-0.39, 0.29) is 36.3 Å². The van der Waals surface area contributed by atoms with Crippen molar-refractivity contribution >= 4 is 17.8 Å². The lowest BCUT2D eigenvalue weighted by Gasteiger charge is -2.36. The highest BCUT2D eigenvalue weighted by Crippen LogP contribution is 2.18. The number of piperidine rings is 1. The molecule has 2 amide bonds. The predicted octanol–water partition coefficient (Wildman–Crippen LogP) is -0.893.